The topological polar surface area (TPSA) is 93.5 Å². The van der Waals surface area contributed by atoms with E-state index >= 15 is 0 Å². The van der Waals surface area contributed by atoms with Crippen molar-refractivity contribution in [3.8, 4) is 0 Å². The second-order valence-corrected chi connectivity index (χ2v) is 7.88. The first-order valence-electron chi connectivity index (χ1n) is 5.15. The lowest BCUT2D eigenvalue weighted by Gasteiger charge is -2.22. The van der Waals surface area contributed by atoms with Gasteiger partial charge in [0.25, 0.3) is 10.0 Å². The molecular weight excluding hydrogens is 266 g/mol. The number of nitrogens with one attached hydrogen (secondary N) is 1. The fourth-order valence-corrected chi connectivity index (χ4v) is 4.75. The van der Waals surface area contributed by atoms with Crippen LogP contribution < -0.4 is 4.72 Å². The predicted octanol–water partition coefficient (Wildman–Crippen LogP) is 0.135. The Hall–Kier alpha value is -0.860. The molecule has 0 bridgehead atoms. The second-order valence-electron chi connectivity index (χ2n) is 4.01. The number of hydrogen-bond acceptors (Lipinski definition) is 5. The van der Waals surface area contributed by atoms with Gasteiger partial charge in [-0.05, 0) is 25.0 Å². The molecule has 1 aromatic heterocycles. The Bertz CT molecular complexity index is 573. The standard InChI is InChI=1S/C9H13NO5S2/c11-16(12)6-2-3-8(7-16)10-17(13,14)9-4-1-5-15-9/h1,4-5,8,10H,2-3,6-7H2/t8-/m0/s1. The monoisotopic (exact) mass is 279 g/mol. The van der Waals surface area contributed by atoms with Crippen LogP contribution in [-0.2, 0) is 19.9 Å². The summed E-state index contributed by atoms with van der Waals surface area (Å²) in [5.41, 5.74) is 0. The van der Waals surface area contributed by atoms with Gasteiger partial charge >= 0.3 is 0 Å². The molecule has 0 aromatic carbocycles. The number of sulfone groups is 1. The minimum absolute atomic E-state index is 0.131. The average molecular weight is 279 g/mol. The van der Waals surface area contributed by atoms with Gasteiger partial charge in [0, 0.05) is 6.04 Å². The Morgan fingerprint density at radius 3 is 2.76 bits per heavy atom. The van der Waals surface area contributed by atoms with Crippen LogP contribution in [0.25, 0.3) is 0 Å². The molecule has 0 radical (unpaired) electrons. The van der Waals surface area contributed by atoms with Crippen LogP contribution in [-0.4, -0.2) is 34.4 Å². The van der Waals surface area contributed by atoms with Gasteiger partial charge in [0.15, 0.2) is 9.84 Å². The van der Waals surface area contributed by atoms with E-state index in [9.17, 15) is 16.8 Å². The first-order chi connectivity index (χ1) is 7.89. The highest BCUT2D eigenvalue weighted by Gasteiger charge is 2.29. The maximum absolute atomic E-state index is 11.8. The van der Waals surface area contributed by atoms with Gasteiger partial charge in [-0.1, -0.05) is 0 Å². The molecule has 2 heterocycles. The lowest BCUT2D eigenvalue weighted by atomic mass is 10.2. The Morgan fingerprint density at radius 1 is 1.41 bits per heavy atom. The lowest BCUT2D eigenvalue weighted by molar-refractivity contribution is 0.439. The van der Waals surface area contributed by atoms with E-state index in [0.717, 1.165) is 0 Å². The van der Waals surface area contributed by atoms with Gasteiger partial charge in [-0.25, -0.2) is 21.6 Å². The van der Waals surface area contributed by atoms with E-state index < -0.39 is 25.9 Å². The van der Waals surface area contributed by atoms with Crippen LogP contribution in [0.15, 0.2) is 27.9 Å². The van der Waals surface area contributed by atoms with E-state index in [1.807, 2.05) is 0 Å². The SMILES string of the molecule is O=S1(=O)CCC[C@H](NS(=O)(=O)c2ccco2)C1. The average Bonchev–Trinajstić information content (AvgIpc) is 2.67. The molecule has 0 amide bonds. The molecule has 0 aliphatic carbocycles. The van der Waals surface area contributed by atoms with E-state index in [4.69, 9.17) is 4.42 Å². The van der Waals surface area contributed by atoms with E-state index in [0.29, 0.717) is 12.8 Å². The number of rotatable bonds is 3. The Labute approximate surface area is 100.0 Å². The minimum atomic E-state index is -3.75. The molecule has 1 aliphatic rings. The molecule has 2 rings (SSSR count). The van der Waals surface area contributed by atoms with Crippen molar-refractivity contribution in [3.05, 3.63) is 18.4 Å². The number of hydrogen-bond donors (Lipinski definition) is 1. The van der Waals surface area contributed by atoms with Crippen LogP contribution in [0.4, 0.5) is 0 Å². The van der Waals surface area contributed by atoms with Crippen molar-refractivity contribution in [1.29, 1.82) is 0 Å². The van der Waals surface area contributed by atoms with Crippen molar-refractivity contribution in [1.82, 2.24) is 4.72 Å². The van der Waals surface area contributed by atoms with E-state index in [1.54, 1.807) is 0 Å². The van der Waals surface area contributed by atoms with Gasteiger partial charge in [0.1, 0.15) is 0 Å². The molecule has 1 N–H and O–H groups in total. The summed E-state index contributed by atoms with van der Waals surface area (Å²) in [6.07, 6.45) is 2.26. The van der Waals surface area contributed by atoms with Crippen molar-refractivity contribution < 1.29 is 21.3 Å². The molecule has 1 atom stereocenters. The summed E-state index contributed by atoms with van der Waals surface area (Å²) >= 11 is 0. The van der Waals surface area contributed by atoms with Crippen LogP contribution in [0, 0.1) is 0 Å². The third kappa shape index (κ3) is 3.08. The first-order valence-corrected chi connectivity index (χ1v) is 8.46. The highest BCUT2D eigenvalue weighted by Crippen LogP contribution is 2.16. The van der Waals surface area contributed by atoms with Crippen molar-refractivity contribution in [2.24, 2.45) is 0 Å². The zero-order chi connectivity index (χ0) is 12.5. The fraction of sp³-hybridized carbons (Fsp3) is 0.556. The highest BCUT2D eigenvalue weighted by molar-refractivity contribution is 7.91. The molecule has 0 saturated carbocycles. The Morgan fingerprint density at radius 2 is 2.18 bits per heavy atom. The summed E-state index contributed by atoms with van der Waals surface area (Å²) in [5.74, 6) is -0.0150. The lowest BCUT2D eigenvalue weighted by Crippen LogP contribution is -2.43. The van der Waals surface area contributed by atoms with Gasteiger partial charge in [-0.15, -0.1) is 0 Å². The molecule has 17 heavy (non-hydrogen) atoms. The van der Waals surface area contributed by atoms with Gasteiger partial charge in [-0.2, -0.15) is 0 Å². The highest BCUT2D eigenvalue weighted by atomic mass is 32.2. The van der Waals surface area contributed by atoms with Crippen molar-refractivity contribution in [2.75, 3.05) is 11.5 Å². The molecule has 1 aliphatic heterocycles. The van der Waals surface area contributed by atoms with E-state index in [2.05, 4.69) is 4.72 Å². The van der Waals surface area contributed by atoms with Gasteiger partial charge in [0.2, 0.25) is 5.09 Å². The van der Waals surface area contributed by atoms with Crippen LogP contribution in [0.1, 0.15) is 12.8 Å². The fourth-order valence-electron chi connectivity index (χ4n) is 1.81. The van der Waals surface area contributed by atoms with E-state index in [1.165, 1.54) is 18.4 Å². The molecule has 96 valence electrons. The van der Waals surface area contributed by atoms with Gasteiger partial charge in [0.05, 0.1) is 17.8 Å². The summed E-state index contributed by atoms with van der Waals surface area (Å²) in [4.78, 5) is 0. The largest absolute Gasteiger partial charge is 0.452 e. The van der Waals surface area contributed by atoms with Crippen molar-refractivity contribution >= 4 is 19.9 Å². The Kier molecular flexibility index (Phi) is 3.28. The van der Waals surface area contributed by atoms with Crippen molar-refractivity contribution in [2.45, 2.75) is 24.0 Å². The van der Waals surface area contributed by atoms with Gasteiger partial charge in [-0.3, -0.25) is 0 Å². The normalized spacial score (nSPS) is 24.6. The maximum Gasteiger partial charge on any atom is 0.274 e. The maximum atomic E-state index is 11.8. The molecule has 1 aromatic rings. The molecule has 1 fully saturated rings. The molecule has 1 saturated heterocycles. The van der Waals surface area contributed by atoms with Crippen LogP contribution in [0.5, 0.6) is 0 Å². The van der Waals surface area contributed by atoms with Crippen LogP contribution >= 0.6 is 0 Å². The van der Waals surface area contributed by atoms with Crippen LogP contribution in [0.3, 0.4) is 0 Å². The minimum Gasteiger partial charge on any atom is -0.452 e. The number of sulfonamides is 1. The third-order valence-electron chi connectivity index (χ3n) is 2.54. The quantitative estimate of drug-likeness (QED) is 0.849. The van der Waals surface area contributed by atoms with Crippen molar-refractivity contribution in [3.63, 3.8) is 0 Å². The third-order valence-corrected chi connectivity index (χ3v) is 5.77. The molecule has 0 unspecified atom stereocenters. The molecule has 6 nitrogen and oxygen atoms in total. The van der Waals surface area contributed by atoms with Crippen LogP contribution in [0.2, 0.25) is 0 Å². The zero-order valence-electron chi connectivity index (χ0n) is 9.00. The Balaban J connectivity index is 2.12. The number of furan rings is 1. The predicted molar refractivity (Wildman–Crippen MR) is 60.7 cm³/mol. The summed E-state index contributed by atoms with van der Waals surface area (Å²) in [6, 6.07) is 2.22. The smallest absolute Gasteiger partial charge is 0.274 e. The summed E-state index contributed by atoms with van der Waals surface area (Å²) < 4.78 is 53.4. The molecular formula is C9H13NO5S2. The summed E-state index contributed by atoms with van der Waals surface area (Å²) in [6.45, 7) is 0. The summed E-state index contributed by atoms with van der Waals surface area (Å²) in [7, 11) is -6.88. The molecule has 8 heteroatoms. The first kappa shape index (κ1) is 12.6. The zero-order valence-corrected chi connectivity index (χ0v) is 10.6. The molecule has 0 spiro atoms. The summed E-state index contributed by atoms with van der Waals surface area (Å²) in [5, 5.41) is -0.194. The second kappa shape index (κ2) is 4.43. The van der Waals surface area contributed by atoms with E-state index in [-0.39, 0.29) is 16.6 Å². The van der Waals surface area contributed by atoms with Gasteiger partial charge < -0.3 is 4.42 Å².